The second kappa shape index (κ2) is 9.31. The molecule has 0 unspecified atom stereocenters. The number of esters is 2. The van der Waals surface area contributed by atoms with E-state index in [-0.39, 0.29) is 41.1 Å². The molecule has 1 amide bonds. The van der Waals surface area contributed by atoms with Crippen LogP contribution in [0.1, 0.15) is 51.6 Å². The third kappa shape index (κ3) is 5.16. The topological polar surface area (TPSA) is 99.5 Å². The maximum absolute atomic E-state index is 12.4. The summed E-state index contributed by atoms with van der Waals surface area (Å²) in [6, 6.07) is 1.79. The van der Waals surface area contributed by atoms with Crippen LogP contribution in [0, 0.1) is 13.8 Å². The Morgan fingerprint density at radius 2 is 1.93 bits per heavy atom. The van der Waals surface area contributed by atoms with Gasteiger partial charge in [-0.2, -0.15) is 5.10 Å². The zero-order valence-corrected chi connectivity index (χ0v) is 16.6. The summed E-state index contributed by atoms with van der Waals surface area (Å²) >= 11 is 1.00. The molecule has 0 aromatic carbocycles. The number of thiophene rings is 1. The van der Waals surface area contributed by atoms with Gasteiger partial charge in [0, 0.05) is 6.20 Å². The number of hydrogen-bond acceptors (Lipinski definition) is 7. The minimum Gasteiger partial charge on any atom is -0.462 e. The summed E-state index contributed by atoms with van der Waals surface area (Å²) in [4.78, 5) is 37.2. The lowest BCUT2D eigenvalue weighted by molar-refractivity contribution is -0.116. The Balaban J connectivity index is 2.28. The van der Waals surface area contributed by atoms with Gasteiger partial charge in [-0.15, -0.1) is 11.3 Å². The van der Waals surface area contributed by atoms with Gasteiger partial charge in [0.2, 0.25) is 5.91 Å². The molecule has 0 radical (unpaired) electrons. The van der Waals surface area contributed by atoms with Crippen molar-refractivity contribution in [2.75, 3.05) is 18.5 Å². The van der Waals surface area contributed by atoms with Crippen molar-refractivity contribution in [2.24, 2.45) is 0 Å². The number of hydrogen-bond donors (Lipinski definition) is 1. The van der Waals surface area contributed by atoms with Gasteiger partial charge in [-0.3, -0.25) is 9.48 Å². The Labute approximate surface area is 161 Å². The van der Waals surface area contributed by atoms with Crippen LogP contribution in [0.3, 0.4) is 0 Å². The molecule has 9 heteroatoms. The number of rotatable bonds is 8. The number of nitrogens with one attached hydrogen (secondary N) is 1. The van der Waals surface area contributed by atoms with E-state index in [2.05, 4.69) is 10.4 Å². The zero-order valence-electron chi connectivity index (χ0n) is 15.8. The van der Waals surface area contributed by atoms with E-state index in [1.54, 1.807) is 26.1 Å². The van der Waals surface area contributed by atoms with Gasteiger partial charge in [-0.25, -0.2) is 9.59 Å². The Morgan fingerprint density at radius 3 is 2.52 bits per heavy atom. The highest BCUT2D eigenvalue weighted by molar-refractivity contribution is 7.18. The summed E-state index contributed by atoms with van der Waals surface area (Å²) in [5, 5.41) is 7.12. The van der Waals surface area contributed by atoms with E-state index in [0.29, 0.717) is 12.0 Å². The highest BCUT2D eigenvalue weighted by Gasteiger charge is 2.27. The molecule has 0 saturated carbocycles. The Morgan fingerprint density at radius 1 is 1.19 bits per heavy atom. The summed E-state index contributed by atoms with van der Waals surface area (Å²) in [7, 11) is 0. The molecule has 2 aromatic heterocycles. The molecule has 0 aliphatic carbocycles. The van der Waals surface area contributed by atoms with Crippen molar-refractivity contribution in [1.29, 1.82) is 0 Å². The molecule has 0 bridgehead atoms. The van der Waals surface area contributed by atoms with Crippen LogP contribution in [-0.4, -0.2) is 40.8 Å². The number of ether oxygens (including phenoxy) is 2. The third-order valence-corrected chi connectivity index (χ3v) is 4.77. The number of nitrogens with zero attached hydrogens (tertiary/aromatic N) is 2. The Hall–Kier alpha value is -2.68. The minimum atomic E-state index is -0.577. The molecule has 0 aliphatic rings. The molecule has 2 aromatic rings. The molecular weight excluding hydrogens is 370 g/mol. The average Bonchev–Trinajstić information content (AvgIpc) is 3.16. The van der Waals surface area contributed by atoms with Crippen molar-refractivity contribution in [1.82, 2.24) is 9.78 Å². The van der Waals surface area contributed by atoms with E-state index in [1.165, 1.54) is 4.68 Å². The van der Waals surface area contributed by atoms with Gasteiger partial charge in [-0.05, 0) is 38.8 Å². The Bertz CT molecular complexity index is 840. The smallest absolute Gasteiger partial charge is 0.348 e. The molecule has 2 heterocycles. The number of carbonyl (C=O) groups is 3. The number of aromatic nitrogens is 2. The number of amides is 1. The van der Waals surface area contributed by atoms with Gasteiger partial charge in [-0.1, -0.05) is 6.92 Å². The lowest BCUT2D eigenvalue weighted by Gasteiger charge is -2.08. The lowest BCUT2D eigenvalue weighted by Crippen LogP contribution is -2.20. The number of anilines is 1. The summed E-state index contributed by atoms with van der Waals surface area (Å²) in [5.74, 6) is -1.47. The predicted octanol–water partition coefficient (Wildman–Crippen LogP) is 2.94. The highest BCUT2D eigenvalue weighted by Crippen LogP contribution is 2.34. The van der Waals surface area contributed by atoms with Crippen molar-refractivity contribution >= 4 is 34.2 Å². The van der Waals surface area contributed by atoms with E-state index < -0.39 is 11.9 Å². The van der Waals surface area contributed by atoms with Gasteiger partial charge < -0.3 is 14.8 Å². The molecule has 0 fully saturated rings. The third-order valence-electron chi connectivity index (χ3n) is 3.58. The molecule has 27 heavy (non-hydrogen) atoms. The first-order valence-corrected chi connectivity index (χ1v) is 9.46. The van der Waals surface area contributed by atoms with Crippen LogP contribution < -0.4 is 5.32 Å². The van der Waals surface area contributed by atoms with Gasteiger partial charge >= 0.3 is 11.9 Å². The molecule has 146 valence electrons. The summed E-state index contributed by atoms with van der Waals surface area (Å²) in [5.41, 5.74) is 1.41. The van der Waals surface area contributed by atoms with Crippen LogP contribution in [0.15, 0.2) is 12.3 Å². The molecule has 0 aliphatic heterocycles. The number of aryl methyl sites for hydroxylation is 1. The average molecular weight is 393 g/mol. The fourth-order valence-electron chi connectivity index (χ4n) is 2.37. The summed E-state index contributed by atoms with van der Waals surface area (Å²) in [6.45, 7) is 7.50. The first-order chi connectivity index (χ1) is 12.9. The second-order valence-corrected chi connectivity index (χ2v) is 6.84. The largest absolute Gasteiger partial charge is 0.462 e. The van der Waals surface area contributed by atoms with Gasteiger partial charge in [0.15, 0.2) is 0 Å². The first kappa shape index (κ1) is 20.6. The molecule has 1 N–H and O–H groups in total. The predicted molar refractivity (Wildman–Crippen MR) is 101 cm³/mol. The van der Waals surface area contributed by atoms with Crippen LogP contribution in [0.2, 0.25) is 0 Å². The summed E-state index contributed by atoms with van der Waals surface area (Å²) in [6.07, 6.45) is 2.36. The van der Waals surface area contributed by atoms with Gasteiger partial charge in [0.05, 0.1) is 24.5 Å². The molecule has 0 saturated heterocycles. The van der Waals surface area contributed by atoms with Crippen LogP contribution in [0.25, 0.3) is 0 Å². The molecule has 0 atom stereocenters. The van der Waals surface area contributed by atoms with Crippen molar-refractivity contribution < 1.29 is 23.9 Å². The lowest BCUT2D eigenvalue weighted by atomic mass is 10.1. The van der Waals surface area contributed by atoms with E-state index >= 15 is 0 Å². The maximum atomic E-state index is 12.4. The minimum absolute atomic E-state index is 0.0109. The quantitative estimate of drug-likeness (QED) is 0.692. The van der Waals surface area contributed by atoms with E-state index in [1.807, 2.05) is 13.8 Å². The number of carbonyl (C=O) groups excluding carboxylic acids is 3. The van der Waals surface area contributed by atoms with Crippen LogP contribution in [0.5, 0.6) is 0 Å². The van der Waals surface area contributed by atoms with Crippen molar-refractivity contribution in [3.63, 3.8) is 0 Å². The van der Waals surface area contributed by atoms with Crippen molar-refractivity contribution in [2.45, 2.75) is 40.7 Å². The fraction of sp³-hybridized carbons (Fsp3) is 0.444. The Kier molecular flexibility index (Phi) is 7.12. The van der Waals surface area contributed by atoms with E-state index in [4.69, 9.17) is 9.47 Å². The highest BCUT2D eigenvalue weighted by atomic mass is 32.1. The normalized spacial score (nSPS) is 10.5. The first-order valence-electron chi connectivity index (χ1n) is 8.64. The SMILES string of the molecule is CCCOC(=O)c1c(NC(=O)Cn2ccc(C)n2)sc(C(=O)OCC)c1C. The fourth-order valence-corrected chi connectivity index (χ4v) is 3.48. The monoisotopic (exact) mass is 393 g/mol. The standard InChI is InChI=1S/C18H23N3O5S/c1-5-9-26-17(23)14-12(4)15(18(24)25-6-2)27-16(14)19-13(22)10-21-8-7-11(3)20-21/h7-8H,5-6,9-10H2,1-4H3,(H,19,22). The molecule has 2 rings (SSSR count). The van der Waals surface area contributed by atoms with Crippen LogP contribution in [-0.2, 0) is 20.8 Å². The van der Waals surface area contributed by atoms with E-state index in [0.717, 1.165) is 17.0 Å². The van der Waals surface area contributed by atoms with Crippen LogP contribution >= 0.6 is 11.3 Å². The van der Waals surface area contributed by atoms with Crippen molar-refractivity contribution in [3.05, 3.63) is 34.0 Å². The van der Waals surface area contributed by atoms with E-state index in [9.17, 15) is 14.4 Å². The van der Waals surface area contributed by atoms with Gasteiger partial charge in [0.25, 0.3) is 0 Å². The molecule has 0 spiro atoms. The van der Waals surface area contributed by atoms with Crippen molar-refractivity contribution in [3.8, 4) is 0 Å². The molecule has 8 nitrogen and oxygen atoms in total. The van der Waals surface area contributed by atoms with Crippen LogP contribution in [0.4, 0.5) is 5.00 Å². The molecular formula is C18H23N3O5S. The second-order valence-electron chi connectivity index (χ2n) is 5.82. The summed E-state index contributed by atoms with van der Waals surface area (Å²) < 4.78 is 11.7. The van der Waals surface area contributed by atoms with Gasteiger partial charge in [0.1, 0.15) is 16.4 Å². The zero-order chi connectivity index (χ0) is 20.0. The maximum Gasteiger partial charge on any atom is 0.348 e.